The summed E-state index contributed by atoms with van der Waals surface area (Å²) < 4.78 is 10.9. The van der Waals surface area contributed by atoms with Crippen molar-refractivity contribution < 1.29 is 19.1 Å². The second-order valence-corrected chi connectivity index (χ2v) is 6.19. The lowest BCUT2D eigenvalue weighted by molar-refractivity contribution is -0.123. The molecule has 0 spiro atoms. The van der Waals surface area contributed by atoms with Crippen molar-refractivity contribution >= 4 is 45.1 Å². The zero-order chi connectivity index (χ0) is 17.7. The molecule has 0 heterocycles. The van der Waals surface area contributed by atoms with E-state index in [1.165, 1.54) is 14.0 Å². The van der Waals surface area contributed by atoms with Gasteiger partial charge in [-0.2, -0.15) is 0 Å². The predicted octanol–water partition coefficient (Wildman–Crippen LogP) is 4.30. The van der Waals surface area contributed by atoms with Crippen LogP contribution in [-0.2, 0) is 9.53 Å². The third kappa shape index (κ3) is 4.72. The highest BCUT2D eigenvalue weighted by molar-refractivity contribution is 9.10. The Morgan fingerprint density at radius 2 is 1.96 bits per heavy atom. The van der Waals surface area contributed by atoms with Crippen LogP contribution in [0.15, 0.2) is 46.9 Å². The summed E-state index contributed by atoms with van der Waals surface area (Å²) in [6.07, 6.45) is -0.961. The second-order valence-electron chi connectivity index (χ2n) is 4.90. The number of carbonyl (C=O) groups is 2. The molecule has 0 aromatic heterocycles. The molecule has 7 heteroatoms. The molecule has 0 saturated heterocycles. The van der Waals surface area contributed by atoms with Crippen LogP contribution < -0.4 is 10.1 Å². The van der Waals surface area contributed by atoms with E-state index in [9.17, 15) is 9.59 Å². The molecule has 1 N–H and O–H groups in total. The number of methoxy groups -OCH3 is 1. The lowest BCUT2D eigenvalue weighted by atomic mass is 10.2. The van der Waals surface area contributed by atoms with Gasteiger partial charge in [0.2, 0.25) is 0 Å². The van der Waals surface area contributed by atoms with E-state index >= 15 is 0 Å². The van der Waals surface area contributed by atoms with Gasteiger partial charge in [0.25, 0.3) is 5.91 Å². The monoisotopic (exact) mass is 411 g/mol. The van der Waals surface area contributed by atoms with Crippen LogP contribution in [0.2, 0.25) is 5.02 Å². The zero-order valence-corrected chi connectivity index (χ0v) is 15.3. The Kier molecular flexibility index (Phi) is 6.23. The topological polar surface area (TPSA) is 64.6 Å². The highest BCUT2D eigenvalue weighted by atomic mass is 79.9. The highest BCUT2D eigenvalue weighted by Crippen LogP contribution is 2.26. The first-order valence-corrected chi connectivity index (χ1v) is 8.18. The molecule has 0 unspecified atom stereocenters. The molecule has 0 aliphatic heterocycles. The minimum absolute atomic E-state index is 0.310. The molecule has 0 fully saturated rings. The minimum atomic E-state index is -0.961. The van der Waals surface area contributed by atoms with Crippen molar-refractivity contribution in [3.05, 3.63) is 57.5 Å². The summed E-state index contributed by atoms with van der Waals surface area (Å²) in [5.41, 5.74) is 0.840. The zero-order valence-electron chi connectivity index (χ0n) is 13.0. The van der Waals surface area contributed by atoms with Gasteiger partial charge in [-0.1, -0.05) is 17.7 Å². The van der Waals surface area contributed by atoms with Gasteiger partial charge >= 0.3 is 5.97 Å². The molecule has 2 aromatic carbocycles. The van der Waals surface area contributed by atoms with Crippen LogP contribution in [0.3, 0.4) is 0 Å². The average Bonchev–Trinajstić information content (AvgIpc) is 2.54. The SMILES string of the molecule is COc1ccc(C(=O)O[C@@H](C)C(=O)Nc2cccc(Cl)c2)cc1Br. The lowest BCUT2D eigenvalue weighted by Crippen LogP contribution is -2.30. The van der Waals surface area contributed by atoms with E-state index in [0.717, 1.165) is 0 Å². The van der Waals surface area contributed by atoms with E-state index < -0.39 is 18.0 Å². The molecule has 0 bridgehead atoms. The third-order valence-electron chi connectivity index (χ3n) is 3.13. The number of anilines is 1. The van der Waals surface area contributed by atoms with E-state index in [4.69, 9.17) is 21.1 Å². The van der Waals surface area contributed by atoms with E-state index in [0.29, 0.717) is 26.5 Å². The summed E-state index contributed by atoms with van der Waals surface area (Å²) in [6, 6.07) is 11.5. The molecule has 2 rings (SSSR count). The van der Waals surface area contributed by atoms with E-state index in [2.05, 4.69) is 21.2 Å². The average molecular weight is 413 g/mol. The second kappa shape index (κ2) is 8.17. The highest BCUT2D eigenvalue weighted by Gasteiger charge is 2.19. The van der Waals surface area contributed by atoms with Gasteiger partial charge in [-0.05, 0) is 59.3 Å². The molecule has 126 valence electrons. The molecule has 0 radical (unpaired) electrons. The largest absolute Gasteiger partial charge is 0.496 e. The van der Waals surface area contributed by atoms with Gasteiger partial charge in [0.05, 0.1) is 17.1 Å². The summed E-state index contributed by atoms with van der Waals surface area (Å²) >= 11 is 9.16. The smallest absolute Gasteiger partial charge is 0.338 e. The maximum atomic E-state index is 12.1. The number of benzene rings is 2. The van der Waals surface area contributed by atoms with Crippen molar-refractivity contribution in [1.82, 2.24) is 0 Å². The molecule has 1 amide bonds. The number of rotatable bonds is 5. The predicted molar refractivity (Wildman–Crippen MR) is 95.7 cm³/mol. The fraction of sp³-hybridized carbons (Fsp3) is 0.176. The van der Waals surface area contributed by atoms with Crippen LogP contribution in [0.4, 0.5) is 5.69 Å². The molecular weight excluding hydrogens is 398 g/mol. The van der Waals surface area contributed by atoms with Crippen molar-refractivity contribution in [3.8, 4) is 5.75 Å². The van der Waals surface area contributed by atoms with Crippen LogP contribution in [-0.4, -0.2) is 25.1 Å². The third-order valence-corrected chi connectivity index (χ3v) is 3.99. The number of nitrogens with one attached hydrogen (secondary N) is 1. The van der Waals surface area contributed by atoms with E-state index in [-0.39, 0.29) is 0 Å². The van der Waals surface area contributed by atoms with Gasteiger partial charge in [-0.25, -0.2) is 4.79 Å². The quantitative estimate of drug-likeness (QED) is 0.744. The van der Waals surface area contributed by atoms with Gasteiger partial charge in [0, 0.05) is 10.7 Å². The van der Waals surface area contributed by atoms with Crippen molar-refractivity contribution in [2.75, 3.05) is 12.4 Å². The summed E-state index contributed by atoms with van der Waals surface area (Å²) in [5, 5.41) is 3.14. The molecule has 0 aliphatic rings. The Balaban J connectivity index is 2.00. The van der Waals surface area contributed by atoms with Crippen molar-refractivity contribution in [2.45, 2.75) is 13.0 Å². The molecule has 0 saturated carbocycles. The summed E-state index contributed by atoms with van der Waals surface area (Å²) in [7, 11) is 1.53. The van der Waals surface area contributed by atoms with Crippen molar-refractivity contribution in [1.29, 1.82) is 0 Å². The van der Waals surface area contributed by atoms with Gasteiger partial charge in [-0.3, -0.25) is 4.79 Å². The minimum Gasteiger partial charge on any atom is -0.496 e. The van der Waals surface area contributed by atoms with Gasteiger partial charge in [-0.15, -0.1) is 0 Å². The Morgan fingerprint density at radius 3 is 2.58 bits per heavy atom. The van der Waals surface area contributed by atoms with Crippen LogP contribution in [0.5, 0.6) is 5.75 Å². The van der Waals surface area contributed by atoms with Gasteiger partial charge in [0.15, 0.2) is 6.10 Å². The maximum Gasteiger partial charge on any atom is 0.338 e. The van der Waals surface area contributed by atoms with Crippen LogP contribution >= 0.6 is 27.5 Å². The fourth-order valence-corrected chi connectivity index (χ4v) is 2.62. The molecule has 2 aromatic rings. The van der Waals surface area contributed by atoms with E-state index in [1.807, 2.05) is 0 Å². The molecule has 0 aliphatic carbocycles. The van der Waals surface area contributed by atoms with Gasteiger partial charge in [0.1, 0.15) is 5.75 Å². The maximum absolute atomic E-state index is 12.1. The summed E-state index contributed by atoms with van der Waals surface area (Å²) in [4.78, 5) is 24.2. The van der Waals surface area contributed by atoms with Crippen LogP contribution in [0.1, 0.15) is 17.3 Å². The molecular formula is C17H15BrClNO4. The summed E-state index contributed by atoms with van der Waals surface area (Å²) in [5.74, 6) is -0.455. The van der Waals surface area contributed by atoms with Crippen molar-refractivity contribution in [3.63, 3.8) is 0 Å². The number of amides is 1. The van der Waals surface area contributed by atoms with Gasteiger partial charge < -0.3 is 14.8 Å². The fourth-order valence-electron chi connectivity index (χ4n) is 1.89. The first-order valence-electron chi connectivity index (χ1n) is 7.01. The first kappa shape index (κ1) is 18.3. The Hall–Kier alpha value is -2.05. The normalized spacial score (nSPS) is 11.5. The lowest BCUT2D eigenvalue weighted by Gasteiger charge is -2.14. The summed E-state index contributed by atoms with van der Waals surface area (Å²) in [6.45, 7) is 1.50. The number of hydrogen-bond acceptors (Lipinski definition) is 4. The van der Waals surface area contributed by atoms with Crippen LogP contribution in [0.25, 0.3) is 0 Å². The van der Waals surface area contributed by atoms with E-state index in [1.54, 1.807) is 42.5 Å². The number of ether oxygens (including phenoxy) is 2. The Morgan fingerprint density at radius 1 is 1.21 bits per heavy atom. The number of esters is 1. The number of hydrogen-bond donors (Lipinski definition) is 1. The Bertz CT molecular complexity index is 766. The molecule has 5 nitrogen and oxygen atoms in total. The van der Waals surface area contributed by atoms with Crippen molar-refractivity contribution in [2.24, 2.45) is 0 Å². The number of halogens is 2. The Labute approximate surface area is 153 Å². The molecule has 24 heavy (non-hydrogen) atoms. The standard InChI is InChI=1S/C17H15BrClNO4/c1-10(16(21)20-13-5-3-4-12(19)9-13)24-17(22)11-6-7-15(23-2)14(18)8-11/h3-10H,1-2H3,(H,20,21)/t10-/m0/s1. The number of carbonyl (C=O) groups excluding carboxylic acids is 2. The van der Waals surface area contributed by atoms with Crippen LogP contribution in [0, 0.1) is 0 Å². The molecule has 1 atom stereocenters. The first-order chi connectivity index (χ1) is 11.4.